The highest BCUT2D eigenvalue weighted by molar-refractivity contribution is 8.06. The van der Waals surface area contributed by atoms with Crippen LogP contribution in [-0.4, -0.2) is 40.0 Å². The quantitative estimate of drug-likeness (QED) is 0.899. The fourth-order valence-electron chi connectivity index (χ4n) is 2.67. The summed E-state index contributed by atoms with van der Waals surface area (Å²) >= 11 is 3.95. The monoisotopic (exact) mass is 315 g/mol. The van der Waals surface area contributed by atoms with Crippen LogP contribution in [-0.2, 0) is 0 Å². The van der Waals surface area contributed by atoms with Crippen molar-refractivity contribution in [1.29, 1.82) is 0 Å². The largest absolute Gasteiger partial charge is 0.339 e. The summed E-state index contributed by atoms with van der Waals surface area (Å²) in [7, 11) is 1.98. The van der Waals surface area contributed by atoms with E-state index >= 15 is 0 Å². The second-order valence-corrected chi connectivity index (χ2v) is 8.44. The Balaban J connectivity index is 2.18. The third-order valence-electron chi connectivity index (χ3n) is 3.90. The van der Waals surface area contributed by atoms with E-state index in [1.807, 2.05) is 30.6 Å². The lowest BCUT2D eigenvalue weighted by Gasteiger charge is -2.25. The van der Waals surface area contributed by atoms with Crippen LogP contribution in [0.25, 0.3) is 0 Å². The summed E-state index contributed by atoms with van der Waals surface area (Å²) in [6, 6.07) is 0.328. The van der Waals surface area contributed by atoms with Crippen LogP contribution in [0.1, 0.15) is 50.6 Å². The summed E-state index contributed by atoms with van der Waals surface area (Å²) in [5.41, 5.74) is 0. The Hall–Kier alpha value is -0.200. The van der Waals surface area contributed by atoms with Crippen molar-refractivity contribution >= 4 is 23.5 Å². The molecule has 1 fully saturated rings. The van der Waals surface area contributed by atoms with E-state index in [1.165, 1.54) is 11.5 Å². The molecule has 0 aliphatic carbocycles. The number of hydrogen-bond donors (Lipinski definition) is 1. The molecule has 1 N–H and O–H groups in total. The van der Waals surface area contributed by atoms with Gasteiger partial charge in [0, 0.05) is 22.8 Å². The highest BCUT2D eigenvalue weighted by Gasteiger charge is 2.32. The van der Waals surface area contributed by atoms with Crippen molar-refractivity contribution in [2.75, 3.05) is 18.6 Å². The van der Waals surface area contributed by atoms with E-state index in [0.29, 0.717) is 22.5 Å². The van der Waals surface area contributed by atoms with Gasteiger partial charge in [0.2, 0.25) is 5.89 Å². The molecule has 2 heterocycles. The van der Waals surface area contributed by atoms with Crippen LogP contribution >= 0.6 is 23.5 Å². The van der Waals surface area contributed by atoms with Crippen LogP contribution < -0.4 is 5.32 Å². The van der Waals surface area contributed by atoms with Gasteiger partial charge in [-0.05, 0) is 19.9 Å². The van der Waals surface area contributed by atoms with Gasteiger partial charge in [0.15, 0.2) is 5.82 Å². The Labute approximate surface area is 130 Å². The van der Waals surface area contributed by atoms with E-state index in [-0.39, 0.29) is 5.92 Å². The second-order valence-electron chi connectivity index (χ2n) is 5.71. The molecular formula is C14H25N3OS2. The predicted molar refractivity (Wildman–Crippen MR) is 87.5 cm³/mol. The summed E-state index contributed by atoms with van der Waals surface area (Å²) in [6.45, 7) is 8.84. The van der Waals surface area contributed by atoms with Crippen LogP contribution in [0.4, 0.5) is 0 Å². The molecule has 114 valence electrons. The third kappa shape index (κ3) is 3.52. The van der Waals surface area contributed by atoms with Gasteiger partial charge in [0.05, 0.1) is 11.2 Å². The summed E-state index contributed by atoms with van der Waals surface area (Å²) in [5, 5.41) is 8.49. The predicted octanol–water partition coefficient (Wildman–Crippen LogP) is 3.33. The van der Waals surface area contributed by atoms with Crippen LogP contribution in [0, 0.1) is 5.92 Å². The van der Waals surface area contributed by atoms with Gasteiger partial charge in [-0.2, -0.15) is 16.7 Å². The van der Waals surface area contributed by atoms with E-state index in [1.54, 1.807) is 0 Å². The van der Waals surface area contributed by atoms with E-state index in [4.69, 9.17) is 9.51 Å². The van der Waals surface area contributed by atoms with Crippen molar-refractivity contribution in [3.63, 3.8) is 0 Å². The van der Waals surface area contributed by atoms with Crippen LogP contribution in [0.15, 0.2) is 4.52 Å². The molecule has 1 aliphatic heterocycles. The minimum absolute atomic E-state index is 0.262. The molecule has 0 radical (unpaired) electrons. The van der Waals surface area contributed by atoms with Gasteiger partial charge in [0.1, 0.15) is 0 Å². The van der Waals surface area contributed by atoms with Gasteiger partial charge in [-0.25, -0.2) is 0 Å². The van der Waals surface area contributed by atoms with Crippen molar-refractivity contribution in [3.8, 4) is 0 Å². The molecule has 1 aromatic rings. The Morgan fingerprint density at radius 3 is 2.55 bits per heavy atom. The molecule has 0 bridgehead atoms. The molecule has 0 saturated carbocycles. The maximum Gasteiger partial charge on any atom is 0.231 e. The zero-order valence-corrected chi connectivity index (χ0v) is 14.6. The lowest BCUT2D eigenvalue weighted by molar-refractivity contribution is 0.284. The molecule has 0 amide bonds. The molecule has 6 heteroatoms. The molecule has 0 aromatic carbocycles. The summed E-state index contributed by atoms with van der Waals surface area (Å²) in [4.78, 5) is 4.72. The molecule has 4 atom stereocenters. The number of hydrogen-bond acceptors (Lipinski definition) is 6. The number of rotatable bonds is 5. The number of aromatic nitrogens is 2. The van der Waals surface area contributed by atoms with Crippen molar-refractivity contribution in [3.05, 3.63) is 11.7 Å². The van der Waals surface area contributed by atoms with Crippen LogP contribution in [0.2, 0.25) is 0 Å². The second kappa shape index (κ2) is 7.18. The molecule has 1 aromatic heterocycles. The number of likely N-dealkylation sites (N-methyl/N-ethyl adjacent to an activating group) is 1. The lowest BCUT2D eigenvalue weighted by Crippen LogP contribution is -2.32. The van der Waals surface area contributed by atoms with Gasteiger partial charge in [-0.3, -0.25) is 0 Å². The van der Waals surface area contributed by atoms with Crippen molar-refractivity contribution in [2.24, 2.45) is 5.92 Å². The number of thioether (sulfide) groups is 2. The average Bonchev–Trinajstić information content (AvgIpc) is 2.88. The van der Waals surface area contributed by atoms with Gasteiger partial charge in [-0.1, -0.05) is 25.9 Å². The molecule has 4 unspecified atom stereocenters. The molecular weight excluding hydrogens is 290 g/mol. The Bertz CT molecular complexity index is 424. The Morgan fingerprint density at radius 1 is 1.25 bits per heavy atom. The van der Waals surface area contributed by atoms with Crippen LogP contribution in [0.5, 0.6) is 0 Å². The number of nitrogens with zero attached hydrogens (tertiary/aromatic N) is 2. The first-order valence-corrected chi connectivity index (χ1v) is 9.38. The minimum atomic E-state index is 0.262. The minimum Gasteiger partial charge on any atom is -0.339 e. The van der Waals surface area contributed by atoms with E-state index in [9.17, 15) is 0 Å². The fourth-order valence-corrected chi connectivity index (χ4v) is 5.35. The van der Waals surface area contributed by atoms with E-state index < -0.39 is 0 Å². The lowest BCUT2D eigenvalue weighted by atomic mass is 9.89. The maximum absolute atomic E-state index is 5.59. The fraction of sp³-hybridized carbons (Fsp3) is 0.857. The van der Waals surface area contributed by atoms with E-state index in [0.717, 1.165) is 11.7 Å². The van der Waals surface area contributed by atoms with Crippen molar-refractivity contribution in [2.45, 2.75) is 50.2 Å². The highest BCUT2D eigenvalue weighted by atomic mass is 32.2. The zero-order chi connectivity index (χ0) is 14.7. The van der Waals surface area contributed by atoms with Gasteiger partial charge in [-0.15, -0.1) is 11.8 Å². The first kappa shape index (κ1) is 16.2. The van der Waals surface area contributed by atoms with Gasteiger partial charge >= 0.3 is 0 Å². The maximum atomic E-state index is 5.59. The summed E-state index contributed by atoms with van der Waals surface area (Å²) in [6.07, 6.45) is 0. The summed E-state index contributed by atoms with van der Waals surface area (Å²) < 4.78 is 5.59. The SMILES string of the molecule is CNC(C)C(c1nc(C2SCCSC2C)no1)C(C)C. The highest BCUT2D eigenvalue weighted by Crippen LogP contribution is 2.41. The molecule has 1 aliphatic rings. The molecule has 2 rings (SSSR count). The van der Waals surface area contributed by atoms with Gasteiger partial charge in [0.25, 0.3) is 0 Å². The number of nitrogens with one attached hydrogen (secondary N) is 1. The Morgan fingerprint density at radius 2 is 1.95 bits per heavy atom. The normalized spacial score (nSPS) is 26.7. The van der Waals surface area contributed by atoms with E-state index in [2.05, 4.69) is 38.2 Å². The average molecular weight is 316 g/mol. The summed E-state index contributed by atoms with van der Waals surface area (Å²) in [5.74, 6) is 4.77. The molecule has 0 spiro atoms. The smallest absolute Gasteiger partial charge is 0.231 e. The standard InChI is InChI=1S/C14H25N3OS2/c1-8(2)11(9(3)15-5)14-16-13(17-18-14)12-10(4)19-6-7-20-12/h8-12,15H,6-7H2,1-5H3. The van der Waals surface area contributed by atoms with Crippen molar-refractivity contribution in [1.82, 2.24) is 15.5 Å². The Kier molecular flexibility index (Phi) is 5.81. The van der Waals surface area contributed by atoms with Crippen LogP contribution in [0.3, 0.4) is 0 Å². The van der Waals surface area contributed by atoms with Crippen molar-refractivity contribution < 1.29 is 4.52 Å². The molecule has 20 heavy (non-hydrogen) atoms. The first-order valence-electron chi connectivity index (χ1n) is 7.28. The van der Waals surface area contributed by atoms with Gasteiger partial charge < -0.3 is 9.84 Å². The molecule has 4 nitrogen and oxygen atoms in total. The third-order valence-corrected chi connectivity index (χ3v) is 6.98. The molecule has 1 saturated heterocycles. The zero-order valence-electron chi connectivity index (χ0n) is 12.9. The topological polar surface area (TPSA) is 51.0 Å². The first-order chi connectivity index (χ1) is 9.54.